The molecule has 0 radical (unpaired) electrons. The highest BCUT2D eigenvalue weighted by Gasteiger charge is 2.25. The quantitative estimate of drug-likeness (QED) is 0.176. The van der Waals surface area contributed by atoms with Crippen LogP contribution in [-0.4, -0.2) is 24.9 Å². The normalized spacial score (nSPS) is 16.2. The highest BCUT2D eigenvalue weighted by atomic mass is 14.9. The topological polar surface area (TPSA) is 64.5 Å². The maximum absolute atomic E-state index is 5.35. The molecule has 0 bridgehead atoms. The Morgan fingerprint density at radius 3 is 2.13 bits per heavy atom. The molecule has 0 spiro atoms. The van der Waals surface area contributed by atoms with Gasteiger partial charge in [-0.15, -0.1) is 0 Å². The summed E-state index contributed by atoms with van der Waals surface area (Å²) >= 11 is 0. The van der Waals surface area contributed by atoms with Crippen LogP contribution in [0.25, 0.3) is 62.0 Å². The molecule has 0 fully saturated rings. The zero-order chi connectivity index (χ0) is 35.0. The summed E-state index contributed by atoms with van der Waals surface area (Å²) in [5.41, 5.74) is 15.9. The van der Waals surface area contributed by atoms with Crippen LogP contribution < -0.4 is 0 Å². The van der Waals surface area contributed by atoms with Crippen LogP contribution in [0.5, 0.6) is 0 Å². The lowest BCUT2D eigenvalue weighted by Crippen LogP contribution is -2.12. The molecule has 0 saturated heterocycles. The van der Waals surface area contributed by atoms with Gasteiger partial charge in [-0.25, -0.2) is 15.0 Å². The minimum Gasteiger partial charge on any atom is -0.264 e. The lowest BCUT2D eigenvalue weighted by atomic mass is 9.83. The van der Waals surface area contributed by atoms with Gasteiger partial charge in [-0.1, -0.05) is 116 Å². The Bertz CT molecular complexity index is 2490. The van der Waals surface area contributed by atoms with Crippen molar-refractivity contribution in [1.82, 2.24) is 24.9 Å². The van der Waals surface area contributed by atoms with E-state index in [0.29, 0.717) is 5.82 Å². The van der Waals surface area contributed by atoms with E-state index in [9.17, 15) is 0 Å². The first kappa shape index (κ1) is 31.6. The van der Waals surface area contributed by atoms with Gasteiger partial charge in [0.2, 0.25) is 0 Å². The van der Waals surface area contributed by atoms with E-state index >= 15 is 0 Å². The number of fused-ring (bicyclic) bond motifs is 3. The van der Waals surface area contributed by atoms with Gasteiger partial charge < -0.3 is 0 Å². The smallest absolute Gasteiger partial charge is 0.160 e. The van der Waals surface area contributed by atoms with E-state index in [1.807, 2.05) is 31.5 Å². The van der Waals surface area contributed by atoms with E-state index in [4.69, 9.17) is 19.9 Å². The summed E-state index contributed by atoms with van der Waals surface area (Å²) in [6, 6.07) is 42.3. The van der Waals surface area contributed by atoms with E-state index in [-0.39, 0.29) is 11.8 Å². The third kappa shape index (κ3) is 6.05. The van der Waals surface area contributed by atoms with Gasteiger partial charge in [0.1, 0.15) is 0 Å². The number of aryl methyl sites for hydroxylation is 2. The summed E-state index contributed by atoms with van der Waals surface area (Å²) in [5.74, 6) is 1.06. The second kappa shape index (κ2) is 13.4. The van der Waals surface area contributed by atoms with Gasteiger partial charge >= 0.3 is 0 Å². The molecule has 2 unspecified atom stereocenters. The third-order valence-electron chi connectivity index (χ3n) is 10.3. The number of allylic oxidation sites excluding steroid dienone is 4. The van der Waals surface area contributed by atoms with Crippen molar-refractivity contribution < 1.29 is 0 Å². The fraction of sp³-hybridized carbons (Fsp3) is 0.128. The SMILES string of the molecule is Cc1ccc2c(n1)-c1nc(-c3cccc(-c4nc(-c5ccccc5)cc(C5C=CC(c6ccccc6)=CC5C)n4)c3)cc(-c3cccnc3)c1CC2. The van der Waals surface area contributed by atoms with Crippen LogP contribution in [0.15, 0.2) is 152 Å². The molecule has 5 nitrogen and oxygen atoms in total. The van der Waals surface area contributed by atoms with Gasteiger partial charge in [0.25, 0.3) is 0 Å². The number of benzene rings is 3. The molecule has 52 heavy (non-hydrogen) atoms. The Morgan fingerprint density at radius 2 is 1.35 bits per heavy atom. The standard InChI is InChI=1S/C47H37N5/c1-30-25-35(32-11-5-3-6-12-32)21-22-39(30)44-28-43(33-13-7-4-8-14-33)51-47(52-44)37-16-9-15-36(26-37)42-27-41(38-17-10-24-48-29-38)40-23-20-34-19-18-31(2)49-45(34)46(40)50-42/h3-19,21-22,24-30,39H,20,23H2,1-2H3. The van der Waals surface area contributed by atoms with Crippen molar-refractivity contribution in [3.63, 3.8) is 0 Å². The summed E-state index contributed by atoms with van der Waals surface area (Å²) in [6.07, 6.45) is 12.5. The highest BCUT2D eigenvalue weighted by molar-refractivity contribution is 5.83. The van der Waals surface area contributed by atoms with Gasteiger partial charge in [0.05, 0.1) is 28.5 Å². The van der Waals surface area contributed by atoms with Crippen molar-refractivity contribution in [2.45, 2.75) is 32.6 Å². The molecule has 0 amide bonds. The van der Waals surface area contributed by atoms with Crippen LogP contribution in [0.4, 0.5) is 0 Å². The van der Waals surface area contributed by atoms with Crippen LogP contribution in [0, 0.1) is 12.8 Å². The summed E-state index contributed by atoms with van der Waals surface area (Å²) in [4.78, 5) is 25.3. The molecular formula is C47H37N5. The number of rotatable bonds is 6. The number of pyridine rings is 3. The van der Waals surface area contributed by atoms with Crippen molar-refractivity contribution in [3.8, 4) is 56.4 Å². The highest BCUT2D eigenvalue weighted by Crippen LogP contribution is 2.40. The maximum Gasteiger partial charge on any atom is 0.160 e. The summed E-state index contributed by atoms with van der Waals surface area (Å²) < 4.78 is 0. The van der Waals surface area contributed by atoms with Crippen LogP contribution >= 0.6 is 0 Å². The molecule has 3 aromatic carbocycles. The van der Waals surface area contributed by atoms with Crippen molar-refractivity contribution in [1.29, 1.82) is 0 Å². The van der Waals surface area contributed by atoms with Crippen molar-refractivity contribution in [2.75, 3.05) is 0 Å². The molecule has 2 atom stereocenters. The van der Waals surface area contributed by atoms with Crippen LogP contribution in [0.2, 0.25) is 0 Å². The van der Waals surface area contributed by atoms with Crippen LogP contribution in [0.1, 0.15) is 40.9 Å². The van der Waals surface area contributed by atoms with Gasteiger partial charge in [-0.2, -0.15) is 0 Å². The zero-order valence-electron chi connectivity index (χ0n) is 29.2. The fourth-order valence-corrected chi connectivity index (χ4v) is 7.56. The second-order valence-electron chi connectivity index (χ2n) is 13.8. The average molecular weight is 672 g/mol. The molecule has 2 aliphatic carbocycles. The summed E-state index contributed by atoms with van der Waals surface area (Å²) in [5, 5.41) is 0. The lowest BCUT2D eigenvalue weighted by Gasteiger charge is -2.24. The Hall–Kier alpha value is -6.33. The molecule has 0 saturated carbocycles. The Kier molecular flexibility index (Phi) is 8.17. The zero-order valence-corrected chi connectivity index (χ0v) is 29.2. The largest absolute Gasteiger partial charge is 0.264 e. The van der Waals surface area contributed by atoms with Gasteiger partial charge in [-0.05, 0) is 83.8 Å². The summed E-state index contributed by atoms with van der Waals surface area (Å²) in [6.45, 7) is 4.32. The Balaban J connectivity index is 1.16. The molecule has 0 aliphatic heterocycles. The molecule has 7 aromatic rings. The summed E-state index contributed by atoms with van der Waals surface area (Å²) in [7, 11) is 0. The van der Waals surface area contributed by atoms with E-state index in [2.05, 4.69) is 139 Å². The number of hydrogen-bond donors (Lipinski definition) is 0. The molecule has 9 rings (SSSR count). The van der Waals surface area contributed by atoms with Crippen molar-refractivity contribution in [3.05, 3.63) is 180 Å². The van der Waals surface area contributed by atoms with Gasteiger partial charge in [0, 0.05) is 46.3 Å². The predicted octanol–water partition coefficient (Wildman–Crippen LogP) is 10.8. The van der Waals surface area contributed by atoms with Gasteiger partial charge in [-0.3, -0.25) is 9.97 Å². The van der Waals surface area contributed by atoms with Crippen molar-refractivity contribution in [2.24, 2.45) is 5.92 Å². The van der Waals surface area contributed by atoms with E-state index in [0.717, 1.165) is 74.8 Å². The van der Waals surface area contributed by atoms with E-state index < -0.39 is 0 Å². The molecular weight excluding hydrogens is 635 g/mol. The number of aromatic nitrogens is 5. The molecule has 2 aliphatic rings. The average Bonchev–Trinajstić information content (AvgIpc) is 3.21. The molecule has 4 aromatic heterocycles. The fourth-order valence-electron chi connectivity index (χ4n) is 7.56. The molecule has 4 heterocycles. The Morgan fingerprint density at radius 1 is 0.596 bits per heavy atom. The molecule has 5 heteroatoms. The Labute approximate surface area is 304 Å². The lowest BCUT2D eigenvalue weighted by molar-refractivity contribution is 0.621. The monoisotopic (exact) mass is 671 g/mol. The second-order valence-corrected chi connectivity index (χ2v) is 13.8. The molecule has 250 valence electrons. The first-order valence-corrected chi connectivity index (χ1v) is 18.0. The van der Waals surface area contributed by atoms with E-state index in [1.165, 1.54) is 22.3 Å². The third-order valence-corrected chi connectivity index (χ3v) is 10.3. The number of hydrogen-bond acceptors (Lipinski definition) is 5. The molecule has 0 N–H and O–H groups in total. The maximum atomic E-state index is 5.35. The first-order chi connectivity index (χ1) is 25.6. The number of nitrogens with zero attached hydrogens (tertiary/aromatic N) is 5. The van der Waals surface area contributed by atoms with Crippen LogP contribution in [-0.2, 0) is 12.8 Å². The van der Waals surface area contributed by atoms with Crippen LogP contribution in [0.3, 0.4) is 0 Å². The van der Waals surface area contributed by atoms with Gasteiger partial charge in [0.15, 0.2) is 5.82 Å². The first-order valence-electron chi connectivity index (χ1n) is 18.0. The minimum atomic E-state index is 0.111. The minimum absolute atomic E-state index is 0.111. The van der Waals surface area contributed by atoms with Crippen molar-refractivity contribution >= 4 is 5.57 Å². The van der Waals surface area contributed by atoms with E-state index in [1.54, 1.807) is 0 Å². The predicted molar refractivity (Wildman–Crippen MR) is 210 cm³/mol.